The molecule has 0 aromatic heterocycles. The molecule has 4 nitrogen and oxygen atoms in total. The van der Waals surface area contributed by atoms with Gasteiger partial charge in [0.2, 0.25) is 5.91 Å². The monoisotopic (exact) mass is 323 g/mol. The van der Waals surface area contributed by atoms with Crippen LogP contribution in [0.1, 0.15) is 12.5 Å². The van der Waals surface area contributed by atoms with Crippen LogP contribution in [-0.2, 0) is 14.8 Å². The molecule has 0 atom stereocenters. The van der Waals surface area contributed by atoms with Gasteiger partial charge >= 0.3 is 0 Å². The molecule has 0 aliphatic rings. The highest BCUT2D eigenvalue weighted by molar-refractivity contribution is 7.93. The molecule has 21 heavy (non-hydrogen) atoms. The van der Waals surface area contributed by atoms with Gasteiger partial charge in [-0.2, -0.15) is 0 Å². The Hall–Kier alpha value is -1.85. The van der Waals surface area contributed by atoms with Crippen molar-refractivity contribution in [1.82, 2.24) is 0 Å². The number of anilines is 1. The number of aryl methyl sites for hydroxylation is 1. The van der Waals surface area contributed by atoms with Gasteiger partial charge in [0, 0.05) is 11.9 Å². The molecule has 1 amide bonds. The van der Waals surface area contributed by atoms with Crippen LogP contribution in [0.4, 0.5) is 5.69 Å². The highest BCUT2D eigenvalue weighted by Crippen LogP contribution is 2.25. The Bertz CT molecular complexity index is 753. The van der Waals surface area contributed by atoms with E-state index in [1.807, 2.05) is 6.92 Å². The summed E-state index contributed by atoms with van der Waals surface area (Å²) in [6.45, 7) is 3.07. The van der Waals surface area contributed by atoms with Gasteiger partial charge in [-0.05, 0) is 43.3 Å². The predicted molar refractivity (Wildman–Crippen MR) is 83.0 cm³/mol. The molecule has 2 rings (SSSR count). The molecule has 0 saturated heterocycles. The second-order valence-electron chi connectivity index (χ2n) is 4.58. The summed E-state index contributed by atoms with van der Waals surface area (Å²) in [5.74, 6) is -0.585. The van der Waals surface area contributed by atoms with Gasteiger partial charge in [-0.3, -0.25) is 4.79 Å². The van der Waals surface area contributed by atoms with E-state index in [0.29, 0.717) is 5.02 Å². The zero-order chi connectivity index (χ0) is 15.6. The van der Waals surface area contributed by atoms with Gasteiger partial charge in [0.25, 0.3) is 10.0 Å². The van der Waals surface area contributed by atoms with Crippen LogP contribution in [0.3, 0.4) is 0 Å². The number of sulfonamides is 1. The van der Waals surface area contributed by atoms with Crippen molar-refractivity contribution in [3.63, 3.8) is 0 Å². The predicted octanol–water partition coefficient (Wildman–Crippen LogP) is 3.39. The molecule has 2 aromatic rings. The van der Waals surface area contributed by atoms with Crippen molar-refractivity contribution in [2.24, 2.45) is 0 Å². The zero-order valence-corrected chi connectivity index (χ0v) is 13.1. The van der Waals surface area contributed by atoms with Crippen LogP contribution in [0, 0.1) is 6.92 Å². The molecular formula is C15H14ClNO3S. The number of amides is 1. The quantitative estimate of drug-likeness (QED) is 0.870. The van der Waals surface area contributed by atoms with Crippen molar-refractivity contribution in [1.29, 1.82) is 0 Å². The normalized spacial score (nSPS) is 11.2. The molecule has 0 aliphatic heterocycles. The maximum Gasteiger partial charge on any atom is 0.270 e. The first kappa shape index (κ1) is 15.5. The Labute approximate surface area is 129 Å². The summed E-state index contributed by atoms with van der Waals surface area (Å²) in [5, 5.41) is 0.468. The molecule has 0 fully saturated rings. The molecule has 0 bridgehead atoms. The molecule has 0 aliphatic carbocycles. The summed E-state index contributed by atoms with van der Waals surface area (Å²) in [4.78, 5) is 11.9. The lowest BCUT2D eigenvalue weighted by molar-refractivity contribution is -0.115. The topological polar surface area (TPSA) is 54.5 Å². The van der Waals surface area contributed by atoms with Gasteiger partial charge in [-0.25, -0.2) is 12.7 Å². The minimum Gasteiger partial charge on any atom is -0.274 e. The summed E-state index contributed by atoms with van der Waals surface area (Å²) in [6.07, 6.45) is 0. The highest BCUT2D eigenvalue weighted by Gasteiger charge is 2.28. The minimum absolute atomic E-state index is 0.0678. The largest absolute Gasteiger partial charge is 0.274 e. The van der Waals surface area contributed by atoms with Gasteiger partial charge in [-0.1, -0.05) is 29.3 Å². The van der Waals surface area contributed by atoms with Crippen molar-refractivity contribution in [2.75, 3.05) is 4.31 Å². The molecule has 0 saturated carbocycles. The molecule has 0 spiro atoms. The SMILES string of the molecule is CC(=O)N(c1ccc(Cl)cc1)S(=O)(=O)c1ccc(C)cc1. The fourth-order valence-corrected chi connectivity index (χ4v) is 3.44. The summed E-state index contributed by atoms with van der Waals surface area (Å²) in [6, 6.07) is 12.4. The maximum absolute atomic E-state index is 12.6. The first-order valence-corrected chi connectivity index (χ1v) is 8.02. The molecule has 0 unspecified atom stereocenters. The molecule has 0 radical (unpaired) electrons. The molecule has 110 valence electrons. The molecule has 6 heteroatoms. The third kappa shape index (κ3) is 3.25. The Morgan fingerprint density at radius 1 is 1.00 bits per heavy atom. The molecule has 0 heterocycles. The number of hydrogen-bond acceptors (Lipinski definition) is 3. The minimum atomic E-state index is -3.94. The van der Waals surface area contributed by atoms with E-state index in [1.54, 1.807) is 12.1 Å². The van der Waals surface area contributed by atoms with E-state index in [2.05, 4.69) is 0 Å². The second kappa shape index (κ2) is 5.87. The van der Waals surface area contributed by atoms with Gasteiger partial charge in [-0.15, -0.1) is 0 Å². The lowest BCUT2D eigenvalue weighted by Gasteiger charge is -2.21. The second-order valence-corrected chi connectivity index (χ2v) is 6.80. The maximum atomic E-state index is 12.6. The van der Waals surface area contributed by atoms with E-state index < -0.39 is 15.9 Å². The Balaban J connectivity index is 2.54. The van der Waals surface area contributed by atoms with E-state index in [0.717, 1.165) is 9.87 Å². The van der Waals surface area contributed by atoms with Crippen LogP contribution in [0.2, 0.25) is 5.02 Å². The van der Waals surface area contributed by atoms with Crippen LogP contribution in [-0.4, -0.2) is 14.3 Å². The first-order valence-electron chi connectivity index (χ1n) is 6.20. The van der Waals surface area contributed by atoms with Crippen molar-refractivity contribution in [3.8, 4) is 0 Å². The van der Waals surface area contributed by atoms with E-state index >= 15 is 0 Å². The van der Waals surface area contributed by atoms with E-state index in [-0.39, 0.29) is 10.6 Å². The Kier molecular flexibility index (Phi) is 4.34. The molecular weight excluding hydrogens is 310 g/mol. The summed E-state index contributed by atoms with van der Waals surface area (Å²) < 4.78 is 26.1. The van der Waals surface area contributed by atoms with Gasteiger partial charge in [0.05, 0.1) is 10.6 Å². The number of carbonyl (C=O) groups excluding carboxylic acids is 1. The number of halogens is 1. The fourth-order valence-electron chi connectivity index (χ4n) is 1.88. The standard InChI is InChI=1S/C15H14ClNO3S/c1-11-3-9-15(10-4-11)21(19,20)17(12(2)18)14-7-5-13(16)6-8-14/h3-10H,1-2H3. The third-order valence-corrected chi connectivity index (χ3v) is 4.97. The lowest BCUT2D eigenvalue weighted by Crippen LogP contribution is -2.35. The fraction of sp³-hybridized carbons (Fsp3) is 0.133. The smallest absolute Gasteiger partial charge is 0.270 e. The van der Waals surface area contributed by atoms with Gasteiger partial charge < -0.3 is 0 Å². The number of hydrogen-bond donors (Lipinski definition) is 0. The third-order valence-electron chi connectivity index (χ3n) is 2.91. The average molecular weight is 324 g/mol. The summed E-state index contributed by atoms with van der Waals surface area (Å²) >= 11 is 5.79. The number of nitrogens with zero attached hydrogens (tertiary/aromatic N) is 1. The first-order chi connectivity index (χ1) is 9.82. The van der Waals surface area contributed by atoms with Crippen LogP contribution in [0.15, 0.2) is 53.4 Å². The van der Waals surface area contributed by atoms with E-state index in [9.17, 15) is 13.2 Å². The van der Waals surface area contributed by atoms with Crippen LogP contribution >= 0.6 is 11.6 Å². The zero-order valence-electron chi connectivity index (χ0n) is 11.6. The van der Waals surface area contributed by atoms with E-state index in [4.69, 9.17) is 11.6 Å². The van der Waals surface area contributed by atoms with Crippen molar-refractivity contribution < 1.29 is 13.2 Å². The van der Waals surface area contributed by atoms with Crippen LogP contribution < -0.4 is 4.31 Å². The van der Waals surface area contributed by atoms with Gasteiger partial charge in [0.15, 0.2) is 0 Å². The van der Waals surface area contributed by atoms with E-state index in [1.165, 1.54) is 43.3 Å². The van der Waals surface area contributed by atoms with Crippen molar-refractivity contribution in [2.45, 2.75) is 18.7 Å². The van der Waals surface area contributed by atoms with Crippen molar-refractivity contribution >= 4 is 33.2 Å². The number of benzene rings is 2. The van der Waals surface area contributed by atoms with Crippen molar-refractivity contribution in [3.05, 3.63) is 59.1 Å². The lowest BCUT2D eigenvalue weighted by atomic mass is 10.2. The Morgan fingerprint density at radius 3 is 2.00 bits per heavy atom. The molecule has 0 N–H and O–H groups in total. The van der Waals surface area contributed by atoms with Gasteiger partial charge in [0.1, 0.15) is 0 Å². The van der Waals surface area contributed by atoms with Crippen LogP contribution in [0.5, 0.6) is 0 Å². The summed E-state index contributed by atoms with van der Waals surface area (Å²) in [7, 11) is -3.94. The molecule has 2 aromatic carbocycles. The summed E-state index contributed by atoms with van der Waals surface area (Å²) in [5.41, 5.74) is 1.20. The van der Waals surface area contributed by atoms with Crippen LogP contribution in [0.25, 0.3) is 0 Å². The highest BCUT2D eigenvalue weighted by atomic mass is 35.5. The Morgan fingerprint density at radius 2 is 1.52 bits per heavy atom. The number of rotatable bonds is 3. The average Bonchev–Trinajstić information content (AvgIpc) is 2.41. The number of carbonyl (C=O) groups is 1.